The van der Waals surface area contributed by atoms with Crippen molar-refractivity contribution in [3.8, 4) is 17.2 Å². The molecule has 4 nitrogen and oxygen atoms in total. The minimum Gasteiger partial charge on any atom is -0.490 e. The van der Waals surface area contributed by atoms with Crippen LogP contribution >= 0.6 is 23.2 Å². The SMILES string of the molecule is CCOc1cccc(Cl)c1Oc1cc(Cl)cc(CC(N)=O)c1. The van der Waals surface area contributed by atoms with E-state index in [1.165, 1.54) is 0 Å². The Morgan fingerprint density at radius 1 is 1.23 bits per heavy atom. The molecule has 0 heterocycles. The van der Waals surface area contributed by atoms with Crippen molar-refractivity contribution in [3.63, 3.8) is 0 Å². The minimum absolute atomic E-state index is 0.0811. The summed E-state index contributed by atoms with van der Waals surface area (Å²) in [5.41, 5.74) is 5.87. The van der Waals surface area contributed by atoms with Crippen molar-refractivity contribution in [1.82, 2.24) is 0 Å². The van der Waals surface area contributed by atoms with Crippen molar-refractivity contribution in [2.75, 3.05) is 6.61 Å². The Hall–Kier alpha value is -1.91. The third-order valence-electron chi connectivity index (χ3n) is 2.76. The second-order valence-corrected chi connectivity index (χ2v) is 5.38. The fourth-order valence-electron chi connectivity index (χ4n) is 1.96. The number of primary amides is 1. The molecule has 0 fully saturated rings. The van der Waals surface area contributed by atoms with E-state index in [0.29, 0.717) is 39.5 Å². The highest BCUT2D eigenvalue weighted by molar-refractivity contribution is 6.32. The number of nitrogens with two attached hydrogens (primary N) is 1. The largest absolute Gasteiger partial charge is 0.490 e. The third-order valence-corrected chi connectivity index (χ3v) is 3.28. The number of carbonyl (C=O) groups is 1. The molecule has 0 spiro atoms. The van der Waals surface area contributed by atoms with Gasteiger partial charge in [0, 0.05) is 5.02 Å². The van der Waals surface area contributed by atoms with Crippen LogP contribution in [0.1, 0.15) is 12.5 Å². The Balaban J connectivity index is 2.34. The number of amides is 1. The zero-order chi connectivity index (χ0) is 16.1. The van der Waals surface area contributed by atoms with E-state index >= 15 is 0 Å². The van der Waals surface area contributed by atoms with Crippen LogP contribution in [0.4, 0.5) is 0 Å². The Kier molecular flexibility index (Phi) is 5.52. The van der Waals surface area contributed by atoms with Gasteiger partial charge < -0.3 is 15.2 Å². The molecule has 0 saturated heterocycles. The molecule has 2 N–H and O–H groups in total. The molecule has 0 atom stereocenters. The molecule has 22 heavy (non-hydrogen) atoms. The Bertz CT molecular complexity index is 689. The topological polar surface area (TPSA) is 61.6 Å². The highest BCUT2D eigenvalue weighted by Crippen LogP contribution is 2.39. The molecule has 2 rings (SSSR count). The number of rotatable bonds is 6. The lowest BCUT2D eigenvalue weighted by Gasteiger charge is -2.14. The molecule has 1 amide bonds. The standard InChI is InChI=1S/C16H15Cl2NO3/c1-2-21-14-5-3-4-13(18)16(14)22-12-7-10(8-15(19)20)6-11(17)9-12/h3-7,9H,2,8H2,1H3,(H2,19,20). The molecule has 0 aromatic heterocycles. The summed E-state index contributed by atoms with van der Waals surface area (Å²) in [5.74, 6) is 0.948. The first kappa shape index (κ1) is 16.5. The van der Waals surface area contributed by atoms with Crippen molar-refractivity contribution >= 4 is 29.1 Å². The lowest BCUT2D eigenvalue weighted by Crippen LogP contribution is -2.13. The van der Waals surface area contributed by atoms with Crippen molar-refractivity contribution in [2.45, 2.75) is 13.3 Å². The van der Waals surface area contributed by atoms with Crippen molar-refractivity contribution < 1.29 is 14.3 Å². The first-order valence-corrected chi connectivity index (χ1v) is 7.42. The maximum Gasteiger partial charge on any atom is 0.221 e. The third kappa shape index (κ3) is 4.29. The predicted molar refractivity (Wildman–Crippen MR) is 87.0 cm³/mol. The van der Waals surface area contributed by atoms with E-state index in [1.807, 2.05) is 6.92 Å². The predicted octanol–water partition coefficient (Wildman–Crippen LogP) is 4.21. The van der Waals surface area contributed by atoms with Gasteiger partial charge in [0.15, 0.2) is 11.5 Å². The summed E-state index contributed by atoms with van der Waals surface area (Å²) in [4.78, 5) is 11.0. The number of halogens is 2. The van der Waals surface area contributed by atoms with Crippen LogP contribution in [-0.2, 0) is 11.2 Å². The molecule has 2 aromatic carbocycles. The lowest BCUT2D eigenvalue weighted by atomic mass is 10.1. The number of ether oxygens (including phenoxy) is 2. The molecule has 0 aliphatic rings. The van der Waals surface area contributed by atoms with Gasteiger partial charge in [-0.1, -0.05) is 29.3 Å². The zero-order valence-electron chi connectivity index (χ0n) is 11.9. The van der Waals surface area contributed by atoms with E-state index in [1.54, 1.807) is 36.4 Å². The molecule has 0 aliphatic heterocycles. The number of benzene rings is 2. The van der Waals surface area contributed by atoms with Crippen LogP contribution in [0, 0.1) is 0 Å². The van der Waals surface area contributed by atoms with E-state index in [-0.39, 0.29) is 6.42 Å². The van der Waals surface area contributed by atoms with Gasteiger partial charge in [0.1, 0.15) is 5.75 Å². The summed E-state index contributed by atoms with van der Waals surface area (Å²) in [6, 6.07) is 10.2. The van der Waals surface area contributed by atoms with E-state index in [9.17, 15) is 4.79 Å². The van der Waals surface area contributed by atoms with Gasteiger partial charge in [-0.15, -0.1) is 0 Å². The van der Waals surface area contributed by atoms with Crippen molar-refractivity contribution in [1.29, 1.82) is 0 Å². The van der Waals surface area contributed by atoms with Crippen LogP contribution in [0.25, 0.3) is 0 Å². The van der Waals surface area contributed by atoms with Gasteiger partial charge in [-0.2, -0.15) is 0 Å². The van der Waals surface area contributed by atoms with E-state index in [0.717, 1.165) is 0 Å². The molecular weight excluding hydrogens is 325 g/mol. The van der Waals surface area contributed by atoms with Crippen LogP contribution in [0.5, 0.6) is 17.2 Å². The molecule has 0 saturated carbocycles. The van der Waals surface area contributed by atoms with Crippen LogP contribution in [0.3, 0.4) is 0 Å². The lowest BCUT2D eigenvalue weighted by molar-refractivity contribution is -0.117. The summed E-state index contributed by atoms with van der Waals surface area (Å²) in [5, 5.41) is 0.862. The number of carbonyl (C=O) groups excluding carboxylic acids is 1. The average Bonchev–Trinajstić information content (AvgIpc) is 2.41. The van der Waals surface area contributed by atoms with Crippen LogP contribution in [0.2, 0.25) is 10.0 Å². The van der Waals surface area contributed by atoms with Gasteiger partial charge in [0.05, 0.1) is 18.1 Å². The molecular formula is C16H15Cl2NO3. The van der Waals surface area contributed by atoms with E-state index < -0.39 is 5.91 Å². The Morgan fingerprint density at radius 2 is 2.00 bits per heavy atom. The summed E-state index contributed by atoms with van der Waals surface area (Å²) in [7, 11) is 0. The van der Waals surface area contributed by atoms with Gasteiger partial charge in [-0.3, -0.25) is 4.79 Å². The molecule has 0 unspecified atom stereocenters. The first-order valence-electron chi connectivity index (χ1n) is 6.66. The van der Waals surface area contributed by atoms with Crippen LogP contribution in [0.15, 0.2) is 36.4 Å². The summed E-state index contributed by atoms with van der Waals surface area (Å²) < 4.78 is 11.3. The number of hydrogen-bond acceptors (Lipinski definition) is 3. The number of para-hydroxylation sites is 1. The maximum atomic E-state index is 11.0. The average molecular weight is 340 g/mol. The monoisotopic (exact) mass is 339 g/mol. The van der Waals surface area contributed by atoms with Crippen LogP contribution in [-0.4, -0.2) is 12.5 Å². The summed E-state index contributed by atoms with van der Waals surface area (Å²) >= 11 is 12.2. The molecule has 6 heteroatoms. The maximum absolute atomic E-state index is 11.0. The highest BCUT2D eigenvalue weighted by Gasteiger charge is 2.12. The van der Waals surface area contributed by atoms with Crippen LogP contribution < -0.4 is 15.2 Å². The van der Waals surface area contributed by atoms with Gasteiger partial charge in [0.25, 0.3) is 0 Å². The smallest absolute Gasteiger partial charge is 0.221 e. The molecule has 116 valence electrons. The van der Waals surface area contributed by atoms with Gasteiger partial charge in [-0.05, 0) is 42.8 Å². The van der Waals surface area contributed by atoms with Crippen molar-refractivity contribution in [3.05, 3.63) is 52.0 Å². The molecule has 0 aliphatic carbocycles. The number of hydrogen-bond donors (Lipinski definition) is 1. The summed E-state index contributed by atoms with van der Waals surface area (Å²) in [6.45, 7) is 2.36. The fourth-order valence-corrected chi connectivity index (χ4v) is 2.41. The molecule has 0 bridgehead atoms. The first-order chi connectivity index (χ1) is 10.5. The molecule has 2 aromatic rings. The highest BCUT2D eigenvalue weighted by atomic mass is 35.5. The van der Waals surface area contributed by atoms with E-state index in [2.05, 4.69) is 0 Å². The van der Waals surface area contributed by atoms with Gasteiger partial charge in [-0.25, -0.2) is 0 Å². The fraction of sp³-hybridized carbons (Fsp3) is 0.188. The molecule has 0 radical (unpaired) electrons. The quantitative estimate of drug-likeness (QED) is 0.857. The van der Waals surface area contributed by atoms with Crippen molar-refractivity contribution in [2.24, 2.45) is 5.73 Å². The Labute approximate surface area is 138 Å². The van der Waals surface area contributed by atoms with E-state index in [4.69, 9.17) is 38.4 Å². The van der Waals surface area contributed by atoms with Gasteiger partial charge >= 0.3 is 0 Å². The second kappa shape index (κ2) is 7.38. The zero-order valence-corrected chi connectivity index (χ0v) is 13.4. The Morgan fingerprint density at radius 3 is 2.68 bits per heavy atom. The second-order valence-electron chi connectivity index (χ2n) is 4.54. The van der Waals surface area contributed by atoms with Gasteiger partial charge in [0.2, 0.25) is 5.91 Å². The normalized spacial score (nSPS) is 10.3. The minimum atomic E-state index is -0.444. The summed E-state index contributed by atoms with van der Waals surface area (Å²) in [6.07, 6.45) is 0.0811.